The second-order valence-electron chi connectivity index (χ2n) is 6.43. The van der Waals surface area contributed by atoms with Gasteiger partial charge in [-0.3, -0.25) is 0 Å². The fourth-order valence-electron chi connectivity index (χ4n) is 3.74. The van der Waals surface area contributed by atoms with Gasteiger partial charge >= 0.3 is 0 Å². The van der Waals surface area contributed by atoms with Gasteiger partial charge in [-0.1, -0.05) is 44.8 Å². The van der Waals surface area contributed by atoms with Crippen LogP contribution in [0.4, 0.5) is 0 Å². The molecule has 0 heteroatoms. The molecule has 0 amide bonds. The van der Waals surface area contributed by atoms with Crippen molar-refractivity contribution in [3.63, 3.8) is 0 Å². The molecule has 2 atom stereocenters. The summed E-state index contributed by atoms with van der Waals surface area (Å²) in [6.07, 6.45) is 12.8. The first kappa shape index (κ1) is 12.2. The van der Waals surface area contributed by atoms with Crippen molar-refractivity contribution in [3.8, 4) is 0 Å². The Morgan fingerprint density at radius 1 is 1.12 bits per heavy atom. The molecule has 2 aliphatic carbocycles. The summed E-state index contributed by atoms with van der Waals surface area (Å²) >= 11 is 0. The molecule has 0 saturated heterocycles. The molecule has 0 aromatic rings. The number of rotatable bonds is 2. The summed E-state index contributed by atoms with van der Waals surface area (Å²) in [5.74, 6) is 3.78. The predicted molar refractivity (Wildman–Crippen MR) is 71.4 cm³/mol. The molecule has 2 unspecified atom stereocenters. The van der Waals surface area contributed by atoms with Gasteiger partial charge < -0.3 is 0 Å². The Bertz CT molecular complexity index is 243. The van der Waals surface area contributed by atoms with E-state index in [-0.39, 0.29) is 0 Å². The average Bonchev–Trinajstić information content (AvgIpc) is 2.30. The van der Waals surface area contributed by atoms with Gasteiger partial charge in [0.05, 0.1) is 0 Å². The highest BCUT2D eigenvalue weighted by atomic mass is 14.4. The third kappa shape index (κ3) is 2.70. The van der Waals surface area contributed by atoms with E-state index < -0.39 is 0 Å². The Kier molecular flexibility index (Phi) is 4.10. The van der Waals surface area contributed by atoms with Crippen molar-refractivity contribution in [2.75, 3.05) is 0 Å². The van der Waals surface area contributed by atoms with E-state index >= 15 is 0 Å². The van der Waals surface area contributed by atoms with Crippen LogP contribution in [-0.4, -0.2) is 0 Å². The van der Waals surface area contributed by atoms with Crippen molar-refractivity contribution in [3.05, 3.63) is 11.6 Å². The molecule has 0 aromatic heterocycles. The normalized spacial score (nSPS) is 32.9. The third-order valence-electron chi connectivity index (χ3n) is 5.05. The Labute approximate surface area is 102 Å². The monoisotopic (exact) mass is 220 g/mol. The van der Waals surface area contributed by atoms with Gasteiger partial charge in [0.15, 0.2) is 0 Å². The molecule has 92 valence electrons. The smallest absolute Gasteiger partial charge is 0.0175 e. The van der Waals surface area contributed by atoms with Crippen molar-refractivity contribution < 1.29 is 0 Å². The lowest BCUT2D eigenvalue weighted by atomic mass is 9.68. The van der Waals surface area contributed by atoms with E-state index in [9.17, 15) is 0 Å². The maximum atomic E-state index is 2.55. The van der Waals surface area contributed by atoms with Crippen LogP contribution in [0.15, 0.2) is 11.6 Å². The molecule has 2 aliphatic rings. The summed E-state index contributed by atoms with van der Waals surface area (Å²) in [6, 6.07) is 0. The first-order valence-electron chi connectivity index (χ1n) is 7.35. The highest BCUT2D eigenvalue weighted by Crippen LogP contribution is 2.42. The van der Waals surface area contributed by atoms with Crippen LogP contribution in [0.2, 0.25) is 0 Å². The molecule has 0 aliphatic heterocycles. The summed E-state index contributed by atoms with van der Waals surface area (Å²) in [7, 11) is 0. The zero-order chi connectivity index (χ0) is 11.5. The van der Waals surface area contributed by atoms with Gasteiger partial charge in [0, 0.05) is 0 Å². The summed E-state index contributed by atoms with van der Waals surface area (Å²) in [5, 5.41) is 0. The number of hydrogen-bond acceptors (Lipinski definition) is 0. The van der Waals surface area contributed by atoms with Crippen LogP contribution in [0.3, 0.4) is 0 Å². The van der Waals surface area contributed by atoms with Crippen molar-refractivity contribution in [2.45, 2.75) is 65.7 Å². The summed E-state index contributed by atoms with van der Waals surface area (Å²) in [6.45, 7) is 7.18. The molecule has 0 spiro atoms. The van der Waals surface area contributed by atoms with E-state index in [4.69, 9.17) is 0 Å². The summed E-state index contributed by atoms with van der Waals surface area (Å²) in [4.78, 5) is 0. The molecule has 1 saturated carbocycles. The van der Waals surface area contributed by atoms with Gasteiger partial charge in [0.1, 0.15) is 0 Å². The minimum atomic E-state index is 0.871. The molecule has 16 heavy (non-hydrogen) atoms. The van der Waals surface area contributed by atoms with Gasteiger partial charge in [-0.2, -0.15) is 0 Å². The Balaban J connectivity index is 2.01. The van der Waals surface area contributed by atoms with Crippen molar-refractivity contribution in [1.82, 2.24) is 0 Å². The molecule has 0 heterocycles. The van der Waals surface area contributed by atoms with E-state index in [0.717, 1.165) is 23.7 Å². The van der Waals surface area contributed by atoms with Crippen molar-refractivity contribution >= 4 is 0 Å². The maximum Gasteiger partial charge on any atom is -0.0175 e. The molecule has 0 bridgehead atoms. The van der Waals surface area contributed by atoms with E-state index in [1.807, 2.05) is 0 Å². The second-order valence-corrected chi connectivity index (χ2v) is 6.43. The van der Waals surface area contributed by atoms with Crippen LogP contribution in [0, 0.1) is 23.7 Å². The van der Waals surface area contributed by atoms with Crippen LogP contribution in [0.5, 0.6) is 0 Å². The molecular formula is C16H28. The minimum Gasteiger partial charge on any atom is -0.0850 e. The molecule has 0 nitrogen and oxygen atoms in total. The zero-order valence-electron chi connectivity index (χ0n) is 11.3. The second kappa shape index (κ2) is 5.38. The SMILES string of the molecule is CC1=CCC(C(C)C)CC1C1CCCCC1. The average molecular weight is 220 g/mol. The lowest BCUT2D eigenvalue weighted by Gasteiger charge is -2.37. The topological polar surface area (TPSA) is 0 Å². The van der Waals surface area contributed by atoms with Crippen molar-refractivity contribution in [2.24, 2.45) is 23.7 Å². The Morgan fingerprint density at radius 2 is 1.81 bits per heavy atom. The van der Waals surface area contributed by atoms with Gasteiger partial charge in [-0.15, -0.1) is 0 Å². The standard InChI is InChI=1S/C16H28/c1-12(2)15-10-9-13(3)16(11-15)14-7-5-4-6-8-14/h9,12,14-16H,4-8,10-11H2,1-3H3. The van der Waals surface area contributed by atoms with E-state index in [2.05, 4.69) is 26.8 Å². The van der Waals surface area contributed by atoms with Crippen LogP contribution >= 0.6 is 0 Å². The molecular weight excluding hydrogens is 192 g/mol. The molecule has 0 radical (unpaired) electrons. The first-order chi connectivity index (χ1) is 7.68. The van der Waals surface area contributed by atoms with Crippen LogP contribution in [0.1, 0.15) is 65.7 Å². The van der Waals surface area contributed by atoms with Gasteiger partial charge in [0.2, 0.25) is 0 Å². The van der Waals surface area contributed by atoms with E-state index in [0.29, 0.717) is 0 Å². The number of hydrogen-bond donors (Lipinski definition) is 0. The van der Waals surface area contributed by atoms with E-state index in [1.54, 1.807) is 5.57 Å². The molecule has 0 aromatic carbocycles. The molecule has 0 N–H and O–H groups in total. The predicted octanol–water partition coefficient (Wildman–Crippen LogP) is 5.20. The first-order valence-corrected chi connectivity index (χ1v) is 7.35. The zero-order valence-corrected chi connectivity index (χ0v) is 11.3. The van der Waals surface area contributed by atoms with Crippen LogP contribution < -0.4 is 0 Å². The largest absolute Gasteiger partial charge is 0.0850 e. The summed E-state index contributed by atoms with van der Waals surface area (Å²) in [5.41, 5.74) is 1.71. The fraction of sp³-hybridized carbons (Fsp3) is 0.875. The van der Waals surface area contributed by atoms with Gasteiger partial charge in [0.25, 0.3) is 0 Å². The van der Waals surface area contributed by atoms with Gasteiger partial charge in [-0.05, 0) is 56.3 Å². The van der Waals surface area contributed by atoms with Crippen LogP contribution in [0.25, 0.3) is 0 Å². The minimum absolute atomic E-state index is 0.871. The quantitative estimate of drug-likeness (QED) is 0.561. The maximum absolute atomic E-state index is 2.55. The lowest BCUT2D eigenvalue weighted by Crippen LogP contribution is -2.26. The highest BCUT2D eigenvalue weighted by Gasteiger charge is 2.30. The van der Waals surface area contributed by atoms with Gasteiger partial charge in [-0.25, -0.2) is 0 Å². The fourth-order valence-corrected chi connectivity index (χ4v) is 3.74. The van der Waals surface area contributed by atoms with Crippen molar-refractivity contribution in [1.29, 1.82) is 0 Å². The lowest BCUT2D eigenvalue weighted by molar-refractivity contribution is 0.204. The van der Waals surface area contributed by atoms with E-state index in [1.165, 1.54) is 44.9 Å². The number of allylic oxidation sites excluding steroid dienone is 2. The molecule has 1 fully saturated rings. The Hall–Kier alpha value is -0.260. The highest BCUT2D eigenvalue weighted by molar-refractivity contribution is 5.10. The third-order valence-corrected chi connectivity index (χ3v) is 5.05. The Morgan fingerprint density at radius 3 is 2.44 bits per heavy atom. The van der Waals surface area contributed by atoms with Crippen LogP contribution in [-0.2, 0) is 0 Å². The molecule has 2 rings (SSSR count). The summed E-state index contributed by atoms with van der Waals surface area (Å²) < 4.78 is 0.